The highest BCUT2D eigenvalue weighted by atomic mass is 16.2. The number of carbonyl (C=O) groups excluding carboxylic acids is 1. The van der Waals surface area contributed by atoms with E-state index in [1.165, 1.54) is 6.20 Å². The SMILES string of the molecule is CCNc1cncc(C(=O)N(C)c2cccc(C)c2)n1. The largest absolute Gasteiger partial charge is 0.369 e. The van der Waals surface area contributed by atoms with Crippen molar-refractivity contribution in [1.29, 1.82) is 0 Å². The highest BCUT2D eigenvalue weighted by molar-refractivity contribution is 6.04. The number of nitrogens with one attached hydrogen (secondary N) is 1. The van der Waals surface area contributed by atoms with Gasteiger partial charge in [0.1, 0.15) is 11.5 Å². The lowest BCUT2D eigenvalue weighted by Gasteiger charge is -2.17. The Bertz CT molecular complexity index is 612. The molecule has 1 N–H and O–H groups in total. The van der Waals surface area contributed by atoms with Crippen LogP contribution in [0.5, 0.6) is 0 Å². The van der Waals surface area contributed by atoms with Crippen molar-refractivity contribution in [3.05, 3.63) is 47.9 Å². The lowest BCUT2D eigenvalue weighted by atomic mass is 10.2. The van der Waals surface area contributed by atoms with Crippen molar-refractivity contribution >= 4 is 17.4 Å². The van der Waals surface area contributed by atoms with Crippen molar-refractivity contribution in [3.63, 3.8) is 0 Å². The van der Waals surface area contributed by atoms with Crippen LogP contribution in [-0.2, 0) is 0 Å². The zero-order valence-corrected chi connectivity index (χ0v) is 11.9. The molecule has 5 nitrogen and oxygen atoms in total. The van der Waals surface area contributed by atoms with E-state index in [2.05, 4.69) is 15.3 Å². The Morgan fingerprint density at radius 3 is 2.85 bits per heavy atom. The van der Waals surface area contributed by atoms with E-state index in [9.17, 15) is 4.79 Å². The maximum absolute atomic E-state index is 12.4. The highest BCUT2D eigenvalue weighted by Crippen LogP contribution is 2.16. The zero-order valence-electron chi connectivity index (χ0n) is 11.9. The first kappa shape index (κ1) is 14.0. The van der Waals surface area contributed by atoms with Crippen LogP contribution in [-0.4, -0.2) is 29.5 Å². The fourth-order valence-corrected chi connectivity index (χ4v) is 1.86. The Labute approximate surface area is 118 Å². The van der Waals surface area contributed by atoms with Crippen LogP contribution in [0.4, 0.5) is 11.5 Å². The molecule has 0 aliphatic heterocycles. The van der Waals surface area contributed by atoms with Crippen LogP contribution in [0.25, 0.3) is 0 Å². The molecule has 0 radical (unpaired) electrons. The van der Waals surface area contributed by atoms with E-state index < -0.39 is 0 Å². The van der Waals surface area contributed by atoms with Gasteiger partial charge in [0, 0.05) is 19.3 Å². The van der Waals surface area contributed by atoms with Crippen molar-refractivity contribution in [3.8, 4) is 0 Å². The molecule has 2 aromatic rings. The summed E-state index contributed by atoms with van der Waals surface area (Å²) in [6.45, 7) is 4.70. The van der Waals surface area contributed by atoms with Gasteiger partial charge in [-0.25, -0.2) is 4.98 Å². The fourth-order valence-electron chi connectivity index (χ4n) is 1.86. The number of benzene rings is 1. The van der Waals surface area contributed by atoms with E-state index in [1.54, 1.807) is 18.1 Å². The third-order valence-corrected chi connectivity index (χ3v) is 2.91. The summed E-state index contributed by atoms with van der Waals surface area (Å²) in [4.78, 5) is 22.3. The minimum Gasteiger partial charge on any atom is -0.369 e. The first-order valence-corrected chi connectivity index (χ1v) is 6.52. The maximum Gasteiger partial charge on any atom is 0.278 e. The Kier molecular flexibility index (Phi) is 4.30. The van der Waals surface area contributed by atoms with Gasteiger partial charge in [0.15, 0.2) is 0 Å². The average Bonchev–Trinajstić information content (AvgIpc) is 2.46. The summed E-state index contributed by atoms with van der Waals surface area (Å²) in [6, 6.07) is 7.77. The number of carbonyl (C=O) groups is 1. The van der Waals surface area contributed by atoms with Gasteiger partial charge in [0.05, 0.1) is 12.4 Å². The van der Waals surface area contributed by atoms with Gasteiger partial charge in [-0.1, -0.05) is 12.1 Å². The smallest absolute Gasteiger partial charge is 0.278 e. The summed E-state index contributed by atoms with van der Waals surface area (Å²) >= 11 is 0. The summed E-state index contributed by atoms with van der Waals surface area (Å²) in [5, 5.41) is 3.05. The number of nitrogens with zero attached hydrogens (tertiary/aromatic N) is 3. The predicted molar refractivity (Wildman–Crippen MR) is 80.1 cm³/mol. The molecule has 0 saturated heterocycles. The fraction of sp³-hybridized carbons (Fsp3) is 0.267. The van der Waals surface area contributed by atoms with Gasteiger partial charge in [-0.15, -0.1) is 0 Å². The molecule has 2 rings (SSSR count). The van der Waals surface area contributed by atoms with Crippen LogP contribution in [0, 0.1) is 6.92 Å². The first-order valence-electron chi connectivity index (χ1n) is 6.52. The van der Waals surface area contributed by atoms with Crippen LogP contribution in [0.3, 0.4) is 0 Å². The third kappa shape index (κ3) is 3.12. The van der Waals surface area contributed by atoms with Crippen molar-refractivity contribution in [2.45, 2.75) is 13.8 Å². The van der Waals surface area contributed by atoms with Crippen LogP contribution in [0.2, 0.25) is 0 Å². The number of anilines is 2. The molecule has 5 heteroatoms. The number of rotatable bonds is 4. The molecule has 1 aromatic heterocycles. The van der Waals surface area contributed by atoms with Crippen molar-refractivity contribution < 1.29 is 4.79 Å². The lowest BCUT2D eigenvalue weighted by molar-refractivity contribution is 0.0988. The number of aryl methyl sites for hydroxylation is 1. The minimum atomic E-state index is -0.178. The molecule has 104 valence electrons. The Morgan fingerprint density at radius 1 is 1.35 bits per heavy atom. The zero-order chi connectivity index (χ0) is 14.5. The van der Waals surface area contributed by atoms with Gasteiger partial charge in [-0.05, 0) is 31.5 Å². The second-order valence-corrected chi connectivity index (χ2v) is 4.52. The Balaban J connectivity index is 2.24. The predicted octanol–water partition coefficient (Wildman–Crippen LogP) is 2.49. The summed E-state index contributed by atoms with van der Waals surface area (Å²) < 4.78 is 0. The molecule has 0 bridgehead atoms. The van der Waals surface area contributed by atoms with E-state index in [-0.39, 0.29) is 5.91 Å². The molecule has 0 aliphatic carbocycles. The molecule has 0 atom stereocenters. The van der Waals surface area contributed by atoms with Crippen LogP contribution >= 0.6 is 0 Å². The molecule has 0 saturated carbocycles. The summed E-state index contributed by atoms with van der Waals surface area (Å²) in [5.74, 6) is 0.429. The molecule has 1 aromatic carbocycles. The molecule has 1 amide bonds. The number of aromatic nitrogens is 2. The van der Waals surface area contributed by atoms with E-state index in [0.717, 1.165) is 17.8 Å². The van der Waals surface area contributed by atoms with E-state index in [4.69, 9.17) is 0 Å². The topological polar surface area (TPSA) is 58.1 Å². The third-order valence-electron chi connectivity index (χ3n) is 2.91. The van der Waals surface area contributed by atoms with Gasteiger partial charge in [0.2, 0.25) is 0 Å². The van der Waals surface area contributed by atoms with E-state index in [0.29, 0.717) is 11.5 Å². The first-order chi connectivity index (χ1) is 9.61. The molecule has 20 heavy (non-hydrogen) atoms. The van der Waals surface area contributed by atoms with Crippen molar-refractivity contribution in [2.24, 2.45) is 0 Å². The molecular formula is C15H18N4O. The quantitative estimate of drug-likeness (QED) is 0.927. The Morgan fingerprint density at radius 2 is 2.15 bits per heavy atom. The highest BCUT2D eigenvalue weighted by Gasteiger charge is 2.15. The molecule has 1 heterocycles. The normalized spacial score (nSPS) is 10.2. The van der Waals surface area contributed by atoms with Crippen LogP contribution in [0.1, 0.15) is 23.0 Å². The van der Waals surface area contributed by atoms with Crippen LogP contribution < -0.4 is 10.2 Å². The summed E-state index contributed by atoms with van der Waals surface area (Å²) in [5.41, 5.74) is 2.27. The number of amides is 1. The molecule has 0 unspecified atom stereocenters. The van der Waals surface area contributed by atoms with Gasteiger partial charge in [0.25, 0.3) is 5.91 Å². The van der Waals surface area contributed by atoms with Crippen molar-refractivity contribution in [1.82, 2.24) is 9.97 Å². The molecule has 0 fully saturated rings. The Hall–Kier alpha value is -2.43. The molecular weight excluding hydrogens is 252 g/mol. The van der Waals surface area contributed by atoms with E-state index >= 15 is 0 Å². The van der Waals surface area contributed by atoms with Gasteiger partial charge < -0.3 is 10.2 Å². The molecule has 0 spiro atoms. The van der Waals surface area contributed by atoms with Gasteiger partial charge >= 0.3 is 0 Å². The maximum atomic E-state index is 12.4. The second kappa shape index (κ2) is 6.14. The van der Waals surface area contributed by atoms with Gasteiger partial charge in [-0.2, -0.15) is 0 Å². The summed E-state index contributed by atoms with van der Waals surface area (Å²) in [6.07, 6.45) is 3.09. The average molecular weight is 270 g/mol. The second-order valence-electron chi connectivity index (χ2n) is 4.52. The number of hydrogen-bond acceptors (Lipinski definition) is 4. The monoisotopic (exact) mass is 270 g/mol. The van der Waals surface area contributed by atoms with Crippen LogP contribution in [0.15, 0.2) is 36.7 Å². The lowest BCUT2D eigenvalue weighted by Crippen LogP contribution is -2.27. The minimum absolute atomic E-state index is 0.178. The summed E-state index contributed by atoms with van der Waals surface area (Å²) in [7, 11) is 1.73. The van der Waals surface area contributed by atoms with Crippen molar-refractivity contribution in [2.75, 3.05) is 23.8 Å². The van der Waals surface area contributed by atoms with Gasteiger partial charge in [-0.3, -0.25) is 9.78 Å². The molecule has 0 aliphatic rings. The standard InChI is InChI=1S/C15H18N4O/c1-4-17-14-10-16-9-13(18-14)15(20)19(3)12-7-5-6-11(2)8-12/h5-10H,4H2,1-3H3,(H,17,18). The number of hydrogen-bond donors (Lipinski definition) is 1. The van der Waals surface area contributed by atoms with E-state index in [1.807, 2.05) is 38.1 Å².